The van der Waals surface area contributed by atoms with Crippen molar-refractivity contribution in [3.05, 3.63) is 11.4 Å². The summed E-state index contributed by atoms with van der Waals surface area (Å²) in [5.74, 6) is 0.690. The van der Waals surface area contributed by atoms with Crippen molar-refractivity contribution < 1.29 is 4.74 Å². The van der Waals surface area contributed by atoms with Gasteiger partial charge in [0.2, 0.25) is 0 Å². The Labute approximate surface area is 102 Å². The third kappa shape index (κ3) is 2.35. The zero-order chi connectivity index (χ0) is 11.7. The molecule has 0 aromatic carbocycles. The average molecular weight is 236 g/mol. The predicted molar refractivity (Wildman–Crippen MR) is 63.7 cm³/mol. The summed E-state index contributed by atoms with van der Waals surface area (Å²) in [7, 11) is 1.95. The van der Waals surface area contributed by atoms with Gasteiger partial charge in [-0.25, -0.2) is 4.68 Å². The first-order valence-electron chi connectivity index (χ1n) is 6.57. The van der Waals surface area contributed by atoms with E-state index in [-0.39, 0.29) is 0 Å². The molecule has 2 heterocycles. The number of nitrogens with zero attached hydrogens (tertiary/aromatic N) is 3. The minimum atomic E-state index is 0.344. The fourth-order valence-corrected chi connectivity index (χ4v) is 2.57. The summed E-state index contributed by atoms with van der Waals surface area (Å²) in [5.41, 5.74) is 2.46. The van der Waals surface area contributed by atoms with Gasteiger partial charge in [0, 0.05) is 19.1 Å². The summed E-state index contributed by atoms with van der Waals surface area (Å²) >= 11 is 0. The molecule has 17 heavy (non-hydrogen) atoms. The van der Waals surface area contributed by atoms with Crippen molar-refractivity contribution in [2.45, 2.75) is 50.8 Å². The molecular formula is C12H20N4O. The molecule has 2 aliphatic rings. The van der Waals surface area contributed by atoms with Crippen LogP contribution in [0, 0.1) is 0 Å². The van der Waals surface area contributed by atoms with Gasteiger partial charge in [0.15, 0.2) is 0 Å². The fourth-order valence-electron chi connectivity index (χ4n) is 2.57. The molecule has 94 valence electrons. The molecular weight excluding hydrogens is 216 g/mol. The van der Waals surface area contributed by atoms with Crippen molar-refractivity contribution in [3.8, 4) is 0 Å². The average Bonchev–Trinajstić information content (AvgIpc) is 2.88. The maximum absolute atomic E-state index is 5.68. The molecule has 3 rings (SSSR count). The Morgan fingerprint density at radius 2 is 2.29 bits per heavy atom. The van der Waals surface area contributed by atoms with Crippen LogP contribution in [0.2, 0.25) is 0 Å². The molecule has 1 aromatic heterocycles. The largest absolute Gasteiger partial charge is 0.376 e. The third-order valence-electron chi connectivity index (χ3n) is 3.56. The van der Waals surface area contributed by atoms with Gasteiger partial charge in [-0.1, -0.05) is 5.21 Å². The van der Waals surface area contributed by atoms with Crippen molar-refractivity contribution in [1.29, 1.82) is 0 Å². The highest BCUT2D eigenvalue weighted by atomic mass is 16.5. The molecule has 5 heteroatoms. The van der Waals surface area contributed by atoms with Crippen LogP contribution >= 0.6 is 0 Å². The molecule has 1 saturated heterocycles. The maximum atomic E-state index is 5.68. The molecule has 1 unspecified atom stereocenters. The molecule has 1 aromatic rings. The number of hydrogen-bond donors (Lipinski definition) is 1. The van der Waals surface area contributed by atoms with Crippen LogP contribution in [0.15, 0.2) is 0 Å². The van der Waals surface area contributed by atoms with E-state index in [0.29, 0.717) is 12.0 Å². The number of ether oxygens (including phenoxy) is 1. The van der Waals surface area contributed by atoms with E-state index < -0.39 is 0 Å². The lowest BCUT2D eigenvalue weighted by Gasteiger charge is -2.11. The lowest BCUT2D eigenvalue weighted by molar-refractivity contribution is 0.0927. The van der Waals surface area contributed by atoms with Crippen molar-refractivity contribution >= 4 is 0 Å². The Kier molecular flexibility index (Phi) is 3.11. The second kappa shape index (κ2) is 4.74. The number of aromatic nitrogens is 3. The number of rotatable bonds is 5. The Morgan fingerprint density at radius 1 is 1.41 bits per heavy atom. The zero-order valence-corrected chi connectivity index (χ0v) is 10.4. The van der Waals surface area contributed by atoms with Crippen molar-refractivity contribution in [3.63, 3.8) is 0 Å². The van der Waals surface area contributed by atoms with Gasteiger partial charge in [-0.05, 0) is 32.7 Å². The monoisotopic (exact) mass is 236 g/mol. The van der Waals surface area contributed by atoms with Crippen LogP contribution in [0.4, 0.5) is 0 Å². The summed E-state index contributed by atoms with van der Waals surface area (Å²) in [6, 6.07) is 0. The Balaban J connectivity index is 1.77. The standard InChI is InChI=1S/C12H20N4O/c1-13-7-11-12(9-4-5-9)16(15-14-11)8-10-3-2-6-17-10/h9-10,13H,2-8H2,1H3. The van der Waals surface area contributed by atoms with Crippen LogP contribution in [0.3, 0.4) is 0 Å². The van der Waals surface area contributed by atoms with E-state index in [2.05, 4.69) is 20.3 Å². The van der Waals surface area contributed by atoms with Crippen molar-refractivity contribution in [2.24, 2.45) is 0 Å². The first-order valence-corrected chi connectivity index (χ1v) is 6.57. The molecule has 0 radical (unpaired) electrons. The van der Waals surface area contributed by atoms with E-state index in [0.717, 1.165) is 31.8 Å². The van der Waals surface area contributed by atoms with Crippen LogP contribution in [-0.2, 0) is 17.8 Å². The van der Waals surface area contributed by atoms with Gasteiger partial charge >= 0.3 is 0 Å². The van der Waals surface area contributed by atoms with Crippen LogP contribution in [0.25, 0.3) is 0 Å². The lowest BCUT2D eigenvalue weighted by atomic mass is 10.2. The maximum Gasteiger partial charge on any atom is 0.0999 e. The zero-order valence-electron chi connectivity index (χ0n) is 10.4. The lowest BCUT2D eigenvalue weighted by Crippen LogP contribution is -2.18. The highest BCUT2D eigenvalue weighted by molar-refractivity contribution is 5.20. The second-order valence-corrected chi connectivity index (χ2v) is 5.04. The van der Waals surface area contributed by atoms with Crippen LogP contribution in [-0.4, -0.2) is 34.8 Å². The summed E-state index contributed by atoms with van der Waals surface area (Å²) in [5, 5.41) is 11.8. The van der Waals surface area contributed by atoms with Gasteiger partial charge in [-0.15, -0.1) is 5.10 Å². The molecule has 1 N–H and O–H groups in total. The van der Waals surface area contributed by atoms with E-state index in [9.17, 15) is 0 Å². The molecule has 1 atom stereocenters. The smallest absolute Gasteiger partial charge is 0.0999 e. The highest BCUT2D eigenvalue weighted by Gasteiger charge is 2.32. The topological polar surface area (TPSA) is 52.0 Å². The molecule has 1 saturated carbocycles. The Hall–Kier alpha value is -0.940. The minimum absolute atomic E-state index is 0.344. The first-order chi connectivity index (χ1) is 8.38. The van der Waals surface area contributed by atoms with E-state index in [4.69, 9.17) is 4.74 Å². The van der Waals surface area contributed by atoms with Gasteiger partial charge in [0.25, 0.3) is 0 Å². The quantitative estimate of drug-likeness (QED) is 0.830. The van der Waals surface area contributed by atoms with Gasteiger partial charge in [-0.2, -0.15) is 0 Å². The number of nitrogens with one attached hydrogen (secondary N) is 1. The van der Waals surface area contributed by atoms with E-state index in [1.165, 1.54) is 25.0 Å². The van der Waals surface area contributed by atoms with Crippen LogP contribution < -0.4 is 5.32 Å². The summed E-state index contributed by atoms with van der Waals surface area (Å²) in [6.07, 6.45) is 5.26. The molecule has 1 aliphatic carbocycles. The molecule has 5 nitrogen and oxygen atoms in total. The minimum Gasteiger partial charge on any atom is -0.376 e. The second-order valence-electron chi connectivity index (χ2n) is 5.04. The van der Waals surface area contributed by atoms with Crippen LogP contribution in [0.5, 0.6) is 0 Å². The third-order valence-corrected chi connectivity index (χ3v) is 3.56. The van der Waals surface area contributed by atoms with Crippen LogP contribution in [0.1, 0.15) is 43.0 Å². The van der Waals surface area contributed by atoms with Crippen molar-refractivity contribution in [2.75, 3.05) is 13.7 Å². The SMILES string of the molecule is CNCc1nnn(CC2CCCO2)c1C1CC1. The van der Waals surface area contributed by atoms with Gasteiger partial charge < -0.3 is 10.1 Å². The van der Waals surface area contributed by atoms with E-state index >= 15 is 0 Å². The summed E-state index contributed by atoms with van der Waals surface area (Å²) in [4.78, 5) is 0. The van der Waals surface area contributed by atoms with Gasteiger partial charge in [0.1, 0.15) is 0 Å². The highest BCUT2D eigenvalue weighted by Crippen LogP contribution is 2.41. The Morgan fingerprint density at radius 3 is 2.94 bits per heavy atom. The molecule has 0 spiro atoms. The summed E-state index contributed by atoms with van der Waals surface area (Å²) < 4.78 is 7.76. The molecule has 1 aliphatic heterocycles. The van der Waals surface area contributed by atoms with E-state index in [1.807, 2.05) is 7.05 Å². The Bertz CT molecular complexity index is 380. The first kappa shape index (κ1) is 11.2. The summed E-state index contributed by atoms with van der Waals surface area (Å²) in [6.45, 7) is 2.60. The fraction of sp³-hybridized carbons (Fsp3) is 0.833. The predicted octanol–water partition coefficient (Wildman–Crippen LogP) is 1.05. The molecule has 2 fully saturated rings. The van der Waals surface area contributed by atoms with Crippen molar-refractivity contribution in [1.82, 2.24) is 20.3 Å². The van der Waals surface area contributed by atoms with Gasteiger partial charge in [-0.3, -0.25) is 0 Å². The molecule has 0 amide bonds. The van der Waals surface area contributed by atoms with E-state index in [1.54, 1.807) is 0 Å². The number of hydrogen-bond acceptors (Lipinski definition) is 4. The normalized spacial score (nSPS) is 24.4. The molecule has 0 bridgehead atoms. The van der Waals surface area contributed by atoms with Gasteiger partial charge in [0.05, 0.1) is 24.0 Å².